The van der Waals surface area contributed by atoms with Gasteiger partial charge in [0, 0.05) is 19.2 Å². The summed E-state index contributed by atoms with van der Waals surface area (Å²) in [6.07, 6.45) is 3.50. The molecule has 1 unspecified atom stereocenters. The molecule has 1 aliphatic heterocycles. The number of hydrogen-bond acceptors (Lipinski definition) is 5. The van der Waals surface area contributed by atoms with Gasteiger partial charge in [-0.2, -0.15) is 0 Å². The summed E-state index contributed by atoms with van der Waals surface area (Å²) in [7, 11) is 0. The van der Waals surface area contributed by atoms with E-state index >= 15 is 0 Å². The van der Waals surface area contributed by atoms with Gasteiger partial charge in [-0.15, -0.1) is 15.0 Å². The number of anilines is 1. The molecule has 1 fully saturated rings. The molecular formula is C16H19ClN4O3. The Bertz CT molecular complexity index is 732. The number of aliphatic hydroxyl groups is 1. The van der Waals surface area contributed by atoms with Crippen molar-refractivity contribution >= 4 is 23.4 Å². The van der Waals surface area contributed by atoms with E-state index in [9.17, 15) is 15.0 Å². The second-order valence-corrected chi connectivity index (χ2v) is 6.18. The van der Waals surface area contributed by atoms with Crippen molar-refractivity contribution in [3.63, 3.8) is 0 Å². The number of carboxylic acids is 1. The van der Waals surface area contributed by atoms with Gasteiger partial charge in [-0.05, 0) is 37.8 Å². The van der Waals surface area contributed by atoms with Gasteiger partial charge in [0.25, 0.3) is 0 Å². The third-order valence-electron chi connectivity index (χ3n) is 4.23. The predicted molar refractivity (Wildman–Crippen MR) is 90.0 cm³/mol. The fraction of sp³-hybridized carbons (Fsp3) is 0.438. The van der Waals surface area contributed by atoms with Crippen molar-refractivity contribution in [2.45, 2.75) is 31.7 Å². The Morgan fingerprint density at radius 1 is 1.29 bits per heavy atom. The number of rotatable bonds is 5. The lowest BCUT2D eigenvalue weighted by Gasteiger charge is -2.35. The van der Waals surface area contributed by atoms with Crippen LogP contribution in [0.2, 0.25) is 5.02 Å². The fourth-order valence-corrected chi connectivity index (χ4v) is 3.29. The summed E-state index contributed by atoms with van der Waals surface area (Å²) in [6.45, 7) is 0.758. The number of carbonyl (C=O) groups is 1. The van der Waals surface area contributed by atoms with Gasteiger partial charge in [-0.25, -0.2) is 4.79 Å². The number of halogens is 1. The van der Waals surface area contributed by atoms with Crippen molar-refractivity contribution in [1.29, 1.82) is 0 Å². The quantitative estimate of drug-likeness (QED) is 0.860. The van der Waals surface area contributed by atoms with Crippen LogP contribution in [0.4, 0.5) is 5.82 Å². The second-order valence-electron chi connectivity index (χ2n) is 5.77. The minimum absolute atomic E-state index is 0.0578. The van der Waals surface area contributed by atoms with E-state index in [2.05, 4.69) is 10.2 Å². The number of benzene rings is 1. The average molecular weight is 351 g/mol. The topological polar surface area (TPSA) is 91.5 Å². The van der Waals surface area contributed by atoms with E-state index in [0.29, 0.717) is 29.5 Å². The number of aliphatic hydroxyl groups excluding tert-OH is 1. The molecule has 0 spiro atoms. The third-order valence-corrected chi connectivity index (χ3v) is 4.55. The maximum atomic E-state index is 11.6. The zero-order valence-electron chi connectivity index (χ0n) is 13.1. The third kappa shape index (κ3) is 3.22. The number of para-hydroxylation sites is 1. The lowest BCUT2D eigenvalue weighted by atomic mass is 9.99. The molecule has 3 rings (SSSR count). The van der Waals surface area contributed by atoms with Crippen molar-refractivity contribution in [3.05, 3.63) is 35.0 Å². The Balaban J connectivity index is 2.03. The maximum Gasteiger partial charge on any atom is 0.360 e. The highest BCUT2D eigenvalue weighted by atomic mass is 35.5. The molecule has 2 aromatic rings. The van der Waals surface area contributed by atoms with Crippen LogP contribution in [-0.2, 0) is 0 Å². The molecule has 0 amide bonds. The van der Waals surface area contributed by atoms with Crippen molar-refractivity contribution in [2.75, 3.05) is 18.1 Å². The van der Waals surface area contributed by atoms with Crippen LogP contribution in [0.15, 0.2) is 24.3 Å². The molecule has 7 nitrogen and oxygen atoms in total. The molecule has 1 aromatic carbocycles. The minimum Gasteiger partial charge on any atom is -0.476 e. The zero-order chi connectivity index (χ0) is 17.1. The highest BCUT2D eigenvalue weighted by Crippen LogP contribution is 2.28. The molecular weight excluding hydrogens is 332 g/mol. The molecule has 128 valence electrons. The number of aromatic carboxylic acids is 1. The molecule has 1 aliphatic rings. The van der Waals surface area contributed by atoms with E-state index in [-0.39, 0.29) is 18.3 Å². The smallest absolute Gasteiger partial charge is 0.360 e. The van der Waals surface area contributed by atoms with E-state index in [0.717, 1.165) is 19.3 Å². The van der Waals surface area contributed by atoms with Crippen LogP contribution in [0, 0.1) is 0 Å². The van der Waals surface area contributed by atoms with Crippen LogP contribution < -0.4 is 4.90 Å². The van der Waals surface area contributed by atoms with Crippen LogP contribution in [0.3, 0.4) is 0 Å². The van der Waals surface area contributed by atoms with Crippen molar-refractivity contribution in [1.82, 2.24) is 15.0 Å². The summed E-state index contributed by atoms with van der Waals surface area (Å²) in [5.74, 6) is -0.794. The summed E-state index contributed by atoms with van der Waals surface area (Å²) < 4.78 is 0. The molecule has 1 saturated heterocycles. The summed E-state index contributed by atoms with van der Waals surface area (Å²) in [5, 5.41) is 27.8. The number of hydrogen-bond donors (Lipinski definition) is 2. The molecule has 1 aromatic heterocycles. The number of nitrogens with zero attached hydrogens (tertiary/aromatic N) is 4. The van der Waals surface area contributed by atoms with E-state index in [4.69, 9.17) is 11.6 Å². The standard InChI is InChI=1S/C16H19ClN4O3/c17-12-6-1-2-7-13(12)21-18-14(16(23)24)15(19-21)20-9-4-3-5-11(20)8-10-22/h1-2,6-7,11,22H,3-5,8-10H2,(H,23,24). The van der Waals surface area contributed by atoms with Crippen LogP contribution in [-0.4, -0.2) is 50.4 Å². The first-order valence-corrected chi connectivity index (χ1v) is 8.32. The molecule has 2 heterocycles. The summed E-state index contributed by atoms with van der Waals surface area (Å²) in [4.78, 5) is 14.9. The Hall–Kier alpha value is -2.12. The van der Waals surface area contributed by atoms with Gasteiger partial charge in [0.15, 0.2) is 5.82 Å². The first kappa shape index (κ1) is 16.7. The first-order chi connectivity index (χ1) is 11.6. The van der Waals surface area contributed by atoms with Crippen molar-refractivity contribution in [2.24, 2.45) is 0 Å². The molecule has 24 heavy (non-hydrogen) atoms. The van der Waals surface area contributed by atoms with E-state index < -0.39 is 5.97 Å². The van der Waals surface area contributed by atoms with Crippen molar-refractivity contribution < 1.29 is 15.0 Å². The first-order valence-electron chi connectivity index (χ1n) is 7.95. The van der Waals surface area contributed by atoms with Gasteiger partial charge >= 0.3 is 5.97 Å². The normalized spacial score (nSPS) is 17.9. The lowest BCUT2D eigenvalue weighted by molar-refractivity contribution is 0.0690. The minimum atomic E-state index is -1.13. The molecule has 0 saturated carbocycles. The van der Waals surface area contributed by atoms with Crippen LogP contribution in [0.1, 0.15) is 36.2 Å². The molecule has 8 heteroatoms. The van der Waals surface area contributed by atoms with Gasteiger partial charge in [-0.1, -0.05) is 23.7 Å². The van der Waals surface area contributed by atoms with Crippen LogP contribution >= 0.6 is 11.6 Å². The molecule has 1 atom stereocenters. The Kier molecular flexibility index (Phi) is 5.01. The summed E-state index contributed by atoms with van der Waals surface area (Å²) >= 11 is 6.17. The number of piperidine rings is 1. The molecule has 0 radical (unpaired) electrons. The highest BCUT2D eigenvalue weighted by molar-refractivity contribution is 6.32. The lowest BCUT2D eigenvalue weighted by Crippen LogP contribution is -2.41. The molecule has 0 bridgehead atoms. The van der Waals surface area contributed by atoms with Crippen LogP contribution in [0.25, 0.3) is 5.69 Å². The van der Waals surface area contributed by atoms with Gasteiger partial charge in [0.05, 0.1) is 5.02 Å². The van der Waals surface area contributed by atoms with Gasteiger partial charge in [-0.3, -0.25) is 0 Å². The Labute approximate surface area is 144 Å². The molecule has 0 aliphatic carbocycles. The Morgan fingerprint density at radius 2 is 2.08 bits per heavy atom. The maximum absolute atomic E-state index is 11.6. The number of carboxylic acid groups (broad SMARTS) is 1. The predicted octanol–water partition coefficient (Wildman–Crippen LogP) is 2.36. The molecule has 2 N–H and O–H groups in total. The SMILES string of the molecule is O=C(O)c1nn(-c2ccccc2Cl)nc1N1CCCCC1CCO. The van der Waals surface area contributed by atoms with E-state index in [1.54, 1.807) is 24.3 Å². The average Bonchev–Trinajstić information content (AvgIpc) is 3.01. The summed E-state index contributed by atoms with van der Waals surface area (Å²) in [5.41, 5.74) is 0.434. The monoisotopic (exact) mass is 350 g/mol. The van der Waals surface area contributed by atoms with Crippen molar-refractivity contribution in [3.8, 4) is 5.69 Å². The van der Waals surface area contributed by atoms with Gasteiger partial charge < -0.3 is 15.1 Å². The second kappa shape index (κ2) is 7.19. The fourth-order valence-electron chi connectivity index (χ4n) is 3.08. The van der Waals surface area contributed by atoms with Gasteiger partial charge in [0.1, 0.15) is 5.69 Å². The zero-order valence-corrected chi connectivity index (χ0v) is 13.9. The van der Waals surface area contributed by atoms with Gasteiger partial charge in [0.2, 0.25) is 5.69 Å². The largest absolute Gasteiger partial charge is 0.476 e. The van der Waals surface area contributed by atoms with E-state index in [1.165, 1.54) is 4.80 Å². The Morgan fingerprint density at radius 3 is 2.79 bits per heavy atom. The summed E-state index contributed by atoms with van der Waals surface area (Å²) in [6, 6.07) is 7.09. The van der Waals surface area contributed by atoms with E-state index in [1.807, 2.05) is 4.90 Å². The van der Waals surface area contributed by atoms with Crippen LogP contribution in [0.5, 0.6) is 0 Å². The number of aromatic nitrogens is 3. The highest BCUT2D eigenvalue weighted by Gasteiger charge is 2.30.